The lowest BCUT2D eigenvalue weighted by Gasteiger charge is -2.02. The number of carbonyl (C=O) groups excluding carboxylic acids is 1. The molecule has 1 amide bonds. The number of nitrogens with zero attached hydrogens (tertiary/aromatic N) is 2. The molecule has 5 nitrogen and oxygen atoms in total. The zero-order valence-electron chi connectivity index (χ0n) is 9.11. The third-order valence-corrected chi connectivity index (χ3v) is 2.80. The van der Waals surface area contributed by atoms with Crippen molar-refractivity contribution in [1.82, 2.24) is 15.5 Å². The molecular weight excluding hydrogens is 333 g/mol. The Morgan fingerprint density at radius 1 is 1.41 bits per heavy atom. The van der Waals surface area contributed by atoms with Crippen LogP contribution in [0.25, 0.3) is 0 Å². The summed E-state index contributed by atoms with van der Waals surface area (Å²) in [5.74, 6) is 0.814. The van der Waals surface area contributed by atoms with Crippen LogP contribution in [0.3, 0.4) is 0 Å². The average molecular weight is 343 g/mol. The van der Waals surface area contributed by atoms with Gasteiger partial charge < -0.3 is 9.84 Å². The number of halogens is 1. The molecule has 17 heavy (non-hydrogen) atoms. The van der Waals surface area contributed by atoms with Crippen LogP contribution in [0.1, 0.15) is 22.1 Å². The molecule has 0 saturated carbocycles. The Hall–Kier alpha value is -1.44. The van der Waals surface area contributed by atoms with Crippen LogP contribution in [0.4, 0.5) is 0 Å². The molecule has 1 aromatic heterocycles. The molecule has 0 saturated heterocycles. The lowest BCUT2D eigenvalue weighted by Crippen LogP contribution is -2.23. The van der Waals surface area contributed by atoms with Crippen molar-refractivity contribution in [2.45, 2.75) is 13.5 Å². The summed E-state index contributed by atoms with van der Waals surface area (Å²) in [4.78, 5) is 15.7. The number of aryl methyl sites for hydroxylation is 1. The quantitative estimate of drug-likeness (QED) is 0.865. The van der Waals surface area contributed by atoms with E-state index in [4.69, 9.17) is 4.52 Å². The molecule has 2 aromatic rings. The Morgan fingerprint density at radius 2 is 2.12 bits per heavy atom. The maximum Gasteiger partial charge on any atom is 0.251 e. The van der Waals surface area contributed by atoms with Gasteiger partial charge in [-0.3, -0.25) is 4.79 Å². The maximum absolute atomic E-state index is 11.7. The first-order chi connectivity index (χ1) is 8.15. The van der Waals surface area contributed by atoms with Gasteiger partial charge >= 0.3 is 0 Å². The fraction of sp³-hybridized carbons (Fsp3) is 0.182. The number of benzene rings is 1. The number of rotatable bonds is 3. The summed E-state index contributed by atoms with van der Waals surface area (Å²) in [6.45, 7) is 1.97. The number of hydrogen-bond donors (Lipinski definition) is 1. The van der Waals surface area contributed by atoms with Crippen LogP contribution in [0, 0.1) is 10.5 Å². The van der Waals surface area contributed by atoms with Crippen LogP contribution in [0.5, 0.6) is 0 Å². The van der Waals surface area contributed by atoms with Gasteiger partial charge in [0.1, 0.15) is 0 Å². The van der Waals surface area contributed by atoms with Gasteiger partial charge in [0, 0.05) is 16.1 Å². The first kappa shape index (κ1) is 12.0. The van der Waals surface area contributed by atoms with E-state index in [2.05, 4.69) is 38.0 Å². The fourth-order valence-corrected chi connectivity index (χ4v) is 1.64. The largest absolute Gasteiger partial charge is 0.345 e. The molecule has 1 heterocycles. The minimum atomic E-state index is -0.149. The van der Waals surface area contributed by atoms with Gasteiger partial charge in [0.2, 0.25) is 5.89 Å². The van der Waals surface area contributed by atoms with Gasteiger partial charge in [0.25, 0.3) is 5.91 Å². The first-order valence-corrected chi connectivity index (χ1v) is 6.06. The topological polar surface area (TPSA) is 68.0 Å². The van der Waals surface area contributed by atoms with Gasteiger partial charge in [0.15, 0.2) is 5.82 Å². The highest BCUT2D eigenvalue weighted by Gasteiger charge is 2.07. The van der Waals surface area contributed by atoms with Crippen molar-refractivity contribution in [3.05, 3.63) is 45.1 Å². The van der Waals surface area contributed by atoms with Gasteiger partial charge in [-0.1, -0.05) is 5.16 Å². The molecule has 0 aliphatic carbocycles. The lowest BCUT2D eigenvalue weighted by molar-refractivity contribution is 0.0949. The van der Waals surface area contributed by atoms with Crippen molar-refractivity contribution in [3.8, 4) is 0 Å². The SMILES string of the molecule is Cc1nc(CNC(=O)c2ccc(I)cc2)no1. The number of nitrogens with one attached hydrogen (secondary N) is 1. The Kier molecular flexibility index (Phi) is 3.72. The lowest BCUT2D eigenvalue weighted by atomic mass is 10.2. The van der Waals surface area contributed by atoms with Gasteiger partial charge in [-0.15, -0.1) is 0 Å². The number of carbonyl (C=O) groups is 1. The third kappa shape index (κ3) is 3.26. The molecule has 0 bridgehead atoms. The van der Waals surface area contributed by atoms with E-state index >= 15 is 0 Å². The minimum Gasteiger partial charge on any atom is -0.345 e. The van der Waals surface area contributed by atoms with Crippen LogP contribution in [-0.2, 0) is 6.54 Å². The van der Waals surface area contributed by atoms with Crippen molar-refractivity contribution in [1.29, 1.82) is 0 Å². The van der Waals surface area contributed by atoms with Crippen molar-refractivity contribution in [3.63, 3.8) is 0 Å². The molecule has 0 fully saturated rings. The molecule has 0 radical (unpaired) electrons. The number of hydrogen-bond acceptors (Lipinski definition) is 4. The molecule has 1 aromatic carbocycles. The molecular formula is C11H10IN3O2. The number of amides is 1. The van der Waals surface area contributed by atoms with Crippen LogP contribution >= 0.6 is 22.6 Å². The summed E-state index contributed by atoms with van der Waals surface area (Å²) in [6, 6.07) is 7.32. The smallest absolute Gasteiger partial charge is 0.251 e. The molecule has 0 aliphatic heterocycles. The van der Waals surface area contributed by atoms with Crippen LogP contribution in [-0.4, -0.2) is 16.0 Å². The minimum absolute atomic E-state index is 0.149. The normalized spacial score (nSPS) is 10.2. The second kappa shape index (κ2) is 5.26. The van der Waals surface area contributed by atoms with Gasteiger partial charge in [-0.25, -0.2) is 0 Å². The van der Waals surface area contributed by atoms with Crippen LogP contribution in [0.2, 0.25) is 0 Å². The first-order valence-electron chi connectivity index (χ1n) is 4.98. The summed E-state index contributed by atoms with van der Waals surface area (Å²) in [5.41, 5.74) is 0.616. The Balaban J connectivity index is 1.95. The predicted molar refractivity (Wildman–Crippen MR) is 69.4 cm³/mol. The average Bonchev–Trinajstić information content (AvgIpc) is 2.73. The van der Waals surface area contributed by atoms with Crippen molar-refractivity contribution in [2.75, 3.05) is 0 Å². The standard InChI is InChI=1S/C11H10IN3O2/c1-7-14-10(15-17-7)6-13-11(16)8-2-4-9(12)5-3-8/h2-5H,6H2,1H3,(H,13,16). The van der Waals surface area contributed by atoms with E-state index in [1.807, 2.05) is 12.1 Å². The monoisotopic (exact) mass is 343 g/mol. The number of aromatic nitrogens is 2. The van der Waals surface area contributed by atoms with E-state index < -0.39 is 0 Å². The molecule has 0 spiro atoms. The van der Waals surface area contributed by atoms with Crippen molar-refractivity contribution < 1.29 is 9.32 Å². The molecule has 6 heteroatoms. The van der Waals surface area contributed by atoms with E-state index in [-0.39, 0.29) is 12.5 Å². The van der Waals surface area contributed by atoms with Gasteiger partial charge in [0.05, 0.1) is 6.54 Å². The van der Waals surface area contributed by atoms with Crippen LogP contribution in [0.15, 0.2) is 28.8 Å². The van der Waals surface area contributed by atoms with E-state index in [0.717, 1.165) is 3.57 Å². The maximum atomic E-state index is 11.7. The van der Waals surface area contributed by atoms with E-state index in [9.17, 15) is 4.79 Å². The van der Waals surface area contributed by atoms with Crippen LogP contribution < -0.4 is 5.32 Å². The van der Waals surface area contributed by atoms with Gasteiger partial charge in [-0.05, 0) is 46.9 Å². The summed E-state index contributed by atoms with van der Waals surface area (Å²) in [5, 5.41) is 6.42. The Labute approximate surface area is 112 Å². The van der Waals surface area contributed by atoms with Crippen molar-refractivity contribution >= 4 is 28.5 Å². The Bertz CT molecular complexity index is 522. The molecule has 88 valence electrons. The zero-order valence-corrected chi connectivity index (χ0v) is 11.3. The zero-order chi connectivity index (χ0) is 12.3. The molecule has 1 N–H and O–H groups in total. The van der Waals surface area contributed by atoms with E-state index in [1.54, 1.807) is 19.1 Å². The third-order valence-electron chi connectivity index (χ3n) is 2.08. The summed E-state index contributed by atoms with van der Waals surface area (Å²) < 4.78 is 5.90. The highest BCUT2D eigenvalue weighted by atomic mass is 127. The van der Waals surface area contributed by atoms with Crippen molar-refractivity contribution in [2.24, 2.45) is 0 Å². The molecule has 2 rings (SSSR count). The molecule has 0 atom stereocenters. The fourth-order valence-electron chi connectivity index (χ4n) is 1.28. The highest BCUT2D eigenvalue weighted by molar-refractivity contribution is 14.1. The summed E-state index contributed by atoms with van der Waals surface area (Å²) >= 11 is 2.19. The summed E-state index contributed by atoms with van der Waals surface area (Å²) in [7, 11) is 0. The van der Waals surface area contributed by atoms with Gasteiger partial charge in [-0.2, -0.15) is 4.98 Å². The summed E-state index contributed by atoms with van der Waals surface area (Å²) in [6.07, 6.45) is 0. The predicted octanol–water partition coefficient (Wildman–Crippen LogP) is 1.91. The second-order valence-electron chi connectivity index (χ2n) is 3.42. The highest BCUT2D eigenvalue weighted by Crippen LogP contribution is 2.06. The molecule has 0 aliphatic rings. The van der Waals surface area contributed by atoms with E-state index in [0.29, 0.717) is 17.3 Å². The van der Waals surface area contributed by atoms with E-state index in [1.165, 1.54) is 0 Å². The second-order valence-corrected chi connectivity index (χ2v) is 4.66. The Morgan fingerprint density at radius 3 is 2.71 bits per heavy atom. The molecule has 0 unspecified atom stereocenters.